The summed E-state index contributed by atoms with van der Waals surface area (Å²) < 4.78 is 5.33. The van der Waals surface area contributed by atoms with Gasteiger partial charge in [0.1, 0.15) is 11.5 Å². The van der Waals surface area contributed by atoms with Gasteiger partial charge in [-0.05, 0) is 31.2 Å². The summed E-state index contributed by atoms with van der Waals surface area (Å²) in [6.07, 6.45) is 0. The van der Waals surface area contributed by atoms with E-state index in [1.807, 2.05) is 19.1 Å². The highest BCUT2D eigenvalue weighted by atomic mass is 16.3. The van der Waals surface area contributed by atoms with E-state index in [4.69, 9.17) is 4.42 Å². The normalized spacial score (nSPS) is 10.1. The average Bonchev–Trinajstić information content (AvgIpc) is 2.89. The first kappa shape index (κ1) is 13.9. The molecule has 0 aliphatic rings. The molecule has 0 aliphatic heterocycles. The first-order valence-corrected chi connectivity index (χ1v) is 6.30. The molecule has 1 heterocycles. The molecule has 1 aromatic carbocycles. The van der Waals surface area contributed by atoms with Crippen molar-refractivity contribution in [1.82, 2.24) is 10.6 Å². The van der Waals surface area contributed by atoms with Gasteiger partial charge in [0.2, 0.25) is 5.91 Å². The fourth-order valence-electron chi connectivity index (χ4n) is 1.68. The Morgan fingerprint density at radius 2 is 1.80 bits per heavy atom. The third-order valence-corrected chi connectivity index (χ3v) is 2.70. The quantitative estimate of drug-likeness (QED) is 0.869. The van der Waals surface area contributed by atoms with Crippen molar-refractivity contribution in [2.24, 2.45) is 0 Å². The first-order chi connectivity index (χ1) is 9.65. The SMILES string of the molecule is Cc1ccc(CNC(=O)CNC(=O)c2ccccc2)o1. The number of nitrogens with one attached hydrogen (secondary N) is 2. The zero-order valence-corrected chi connectivity index (χ0v) is 11.2. The lowest BCUT2D eigenvalue weighted by Gasteiger charge is -2.05. The Balaban J connectivity index is 1.74. The van der Waals surface area contributed by atoms with Gasteiger partial charge in [-0.2, -0.15) is 0 Å². The van der Waals surface area contributed by atoms with Crippen molar-refractivity contribution < 1.29 is 14.0 Å². The minimum atomic E-state index is -0.269. The largest absolute Gasteiger partial charge is 0.465 e. The summed E-state index contributed by atoms with van der Waals surface area (Å²) >= 11 is 0. The van der Waals surface area contributed by atoms with E-state index in [-0.39, 0.29) is 18.4 Å². The van der Waals surface area contributed by atoms with Crippen molar-refractivity contribution in [2.45, 2.75) is 13.5 Å². The molecule has 0 unspecified atom stereocenters. The summed E-state index contributed by atoms with van der Waals surface area (Å²) in [7, 11) is 0. The van der Waals surface area contributed by atoms with Crippen LogP contribution < -0.4 is 10.6 Å². The van der Waals surface area contributed by atoms with Gasteiger partial charge in [-0.1, -0.05) is 18.2 Å². The predicted octanol–water partition coefficient (Wildman–Crippen LogP) is 1.63. The Morgan fingerprint density at radius 3 is 2.45 bits per heavy atom. The van der Waals surface area contributed by atoms with Gasteiger partial charge >= 0.3 is 0 Å². The van der Waals surface area contributed by atoms with E-state index in [0.717, 1.165) is 5.76 Å². The Bertz CT molecular complexity index is 590. The Hall–Kier alpha value is -2.56. The summed E-state index contributed by atoms with van der Waals surface area (Å²) in [6.45, 7) is 2.09. The molecular weight excluding hydrogens is 256 g/mol. The van der Waals surface area contributed by atoms with Crippen LogP contribution in [-0.2, 0) is 11.3 Å². The molecule has 0 radical (unpaired) electrons. The van der Waals surface area contributed by atoms with Crippen molar-refractivity contribution in [1.29, 1.82) is 0 Å². The van der Waals surface area contributed by atoms with Crippen LogP contribution in [0.15, 0.2) is 46.9 Å². The molecule has 104 valence electrons. The molecular formula is C15H16N2O3. The highest BCUT2D eigenvalue weighted by Crippen LogP contribution is 2.05. The molecule has 1 aromatic heterocycles. The van der Waals surface area contributed by atoms with E-state index in [1.54, 1.807) is 30.3 Å². The van der Waals surface area contributed by atoms with Crippen LogP contribution in [0.1, 0.15) is 21.9 Å². The van der Waals surface area contributed by atoms with Crippen molar-refractivity contribution >= 4 is 11.8 Å². The topological polar surface area (TPSA) is 71.3 Å². The van der Waals surface area contributed by atoms with Gasteiger partial charge in [-0.3, -0.25) is 9.59 Å². The lowest BCUT2D eigenvalue weighted by atomic mass is 10.2. The molecule has 0 aliphatic carbocycles. The molecule has 2 amide bonds. The highest BCUT2D eigenvalue weighted by Gasteiger charge is 2.07. The number of benzene rings is 1. The maximum atomic E-state index is 11.7. The van der Waals surface area contributed by atoms with E-state index >= 15 is 0 Å². The van der Waals surface area contributed by atoms with E-state index in [0.29, 0.717) is 17.9 Å². The number of carbonyl (C=O) groups is 2. The second-order valence-electron chi connectivity index (χ2n) is 4.34. The Kier molecular flexibility index (Phi) is 4.55. The molecule has 0 bridgehead atoms. The van der Waals surface area contributed by atoms with Gasteiger partial charge in [0.15, 0.2) is 0 Å². The number of furan rings is 1. The number of rotatable bonds is 5. The van der Waals surface area contributed by atoms with Crippen molar-refractivity contribution in [3.05, 3.63) is 59.5 Å². The lowest BCUT2D eigenvalue weighted by molar-refractivity contribution is -0.120. The second-order valence-corrected chi connectivity index (χ2v) is 4.34. The molecule has 0 atom stereocenters. The Labute approximate surface area is 117 Å². The van der Waals surface area contributed by atoms with Crippen LogP contribution in [0.2, 0.25) is 0 Å². The van der Waals surface area contributed by atoms with Crippen LogP contribution in [0, 0.1) is 6.92 Å². The van der Waals surface area contributed by atoms with Crippen LogP contribution in [0.5, 0.6) is 0 Å². The lowest BCUT2D eigenvalue weighted by Crippen LogP contribution is -2.36. The fraction of sp³-hybridized carbons (Fsp3) is 0.200. The molecule has 5 heteroatoms. The number of hydrogen-bond donors (Lipinski definition) is 2. The van der Waals surface area contributed by atoms with Crippen LogP contribution in [-0.4, -0.2) is 18.4 Å². The third kappa shape index (κ3) is 3.98. The summed E-state index contributed by atoms with van der Waals surface area (Å²) in [6, 6.07) is 12.4. The molecule has 0 saturated heterocycles. The van der Waals surface area contributed by atoms with Gasteiger partial charge in [-0.25, -0.2) is 0 Å². The van der Waals surface area contributed by atoms with Crippen molar-refractivity contribution in [3.63, 3.8) is 0 Å². The van der Waals surface area contributed by atoms with Crippen LogP contribution in [0.3, 0.4) is 0 Å². The molecule has 0 spiro atoms. The molecule has 2 rings (SSSR count). The summed E-state index contributed by atoms with van der Waals surface area (Å²) in [5, 5.41) is 5.23. The minimum Gasteiger partial charge on any atom is -0.465 e. The average molecular weight is 272 g/mol. The maximum absolute atomic E-state index is 11.7. The van der Waals surface area contributed by atoms with E-state index in [2.05, 4.69) is 10.6 Å². The maximum Gasteiger partial charge on any atom is 0.251 e. The van der Waals surface area contributed by atoms with Gasteiger partial charge in [-0.15, -0.1) is 0 Å². The Morgan fingerprint density at radius 1 is 1.05 bits per heavy atom. The van der Waals surface area contributed by atoms with Crippen LogP contribution in [0.4, 0.5) is 0 Å². The zero-order chi connectivity index (χ0) is 14.4. The van der Waals surface area contributed by atoms with Crippen LogP contribution >= 0.6 is 0 Å². The van der Waals surface area contributed by atoms with Crippen LogP contribution in [0.25, 0.3) is 0 Å². The molecule has 2 aromatic rings. The van der Waals surface area contributed by atoms with Gasteiger partial charge in [0.05, 0.1) is 13.1 Å². The van der Waals surface area contributed by atoms with E-state index in [9.17, 15) is 9.59 Å². The standard InChI is InChI=1S/C15H16N2O3/c1-11-7-8-13(20-11)9-16-14(18)10-17-15(19)12-5-3-2-4-6-12/h2-8H,9-10H2,1H3,(H,16,18)(H,17,19). The molecule has 2 N–H and O–H groups in total. The summed E-state index contributed by atoms with van der Waals surface area (Å²) in [5.41, 5.74) is 0.530. The van der Waals surface area contributed by atoms with Gasteiger partial charge < -0.3 is 15.1 Å². The number of amides is 2. The minimum absolute atomic E-state index is 0.0621. The van der Waals surface area contributed by atoms with E-state index < -0.39 is 0 Å². The molecule has 0 saturated carbocycles. The number of carbonyl (C=O) groups excluding carboxylic acids is 2. The molecule has 5 nitrogen and oxygen atoms in total. The van der Waals surface area contributed by atoms with E-state index in [1.165, 1.54) is 0 Å². The molecule has 0 fully saturated rings. The zero-order valence-electron chi connectivity index (χ0n) is 11.2. The third-order valence-electron chi connectivity index (χ3n) is 2.70. The fourth-order valence-corrected chi connectivity index (χ4v) is 1.68. The monoisotopic (exact) mass is 272 g/mol. The first-order valence-electron chi connectivity index (χ1n) is 6.30. The van der Waals surface area contributed by atoms with Crippen molar-refractivity contribution in [3.8, 4) is 0 Å². The predicted molar refractivity (Wildman–Crippen MR) is 74.1 cm³/mol. The summed E-state index contributed by atoms with van der Waals surface area (Å²) in [4.78, 5) is 23.3. The van der Waals surface area contributed by atoms with Crippen molar-refractivity contribution in [2.75, 3.05) is 6.54 Å². The van der Waals surface area contributed by atoms with Gasteiger partial charge in [0.25, 0.3) is 5.91 Å². The second kappa shape index (κ2) is 6.56. The summed E-state index contributed by atoms with van der Waals surface area (Å²) in [5.74, 6) is 0.954. The number of aryl methyl sites for hydroxylation is 1. The highest BCUT2D eigenvalue weighted by molar-refractivity contribution is 5.96. The smallest absolute Gasteiger partial charge is 0.251 e. The molecule has 20 heavy (non-hydrogen) atoms. The van der Waals surface area contributed by atoms with Gasteiger partial charge in [0, 0.05) is 5.56 Å². The number of hydrogen-bond acceptors (Lipinski definition) is 3.